The van der Waals surface area contributed by atoms with Gasteiger partial charge in [-0.3, -0.25) is 4.79 Å². The minimum absolute atomic E-state index is 0.258. The van der Waals surface area contributed by atoms with Crippen LogP contribution in [0, 0.1) is 17.5 Å². The summed E-state index contributed by atoms with van der Waals surface area (Å²) in [6, 6.07) is 5.71. The van der Waals surface area contributed by atoms with E-state index in [9.17, 15) is 22.8 Å². The minimum atomic E-state index is -1.37. The first-order chi connectivity index (χ1) is 9.90. The smallest absolute Gasteiger partial charge is 0.335 e. The summed E-state index contributed by atoms with van der Waals surface area (Å²) in [7, 11) is 0. The van der Waals surface area contributed by atoms with Gasteiger partial charge in [-0.1, -0.05) is 6.07 Å². The molecule has 1 amide bonds. The number of hydrogen-bond acceptors (Lipinski definition) is 2. The molecule has 0 unspecified atom stereocenters. The number of halogens is 3. The van der Waals surface area contributed by atoms with Gasteiger partial charge in [-0.15, -0.1) is 0 Å². The van der Waals surface area contributed by atoms with Gasteiger partial charge in [0.2, 0.25) is 0 Å². The number of carbonyl (C=O) groups excluding carboxylic acids is 1. The van der Waals surface area contributed by atoms with E-state index in [1.807, 2.05) is 5.32 Å². The van der Waals surface area contributed by atoms with Crippen molar-refractivity contribution in [2.24, 2.45) is 0 Å². The molecule has 0 spiro atoms. The molecule has 0 aliphatic heterocycles. The molecule has 0 aliphatic rings. The number of aromatic carboxylic acids is 1. The van der Waals surface area contributed by atoms with Crippen molar-refractivity contribution < 1.29 is 27.9 Å². The number of nitrogens with one attached hydrogen (secondary N) is 1. The van der Waals surface area contributed by atoms with E-state index in [-0.39, 0.29) is 5.56 Å². The summed E-state index contributed by atoms with van der Waals surface area (Å²) in [6.45, 7) is 0. The Morgan fingerprint density at radius 3 is 2.38 bits per heavy atom. The largest absolute Gasteiger partial charge is 0.478 e. The normalized spacial score (nSPS) is 10.2. The summed E-state index contributed by atoms with van der Waals surface area (Å²) in [5.41, 5.74) is -1.31. The number of hydrogen-bond donors (Lipinski definition) is 2. The van der Waals surface area contributed by atoms with Crippen LogP contribution >= 0.6 is 0 Å². The van der Waals surface area contributed by atoms with E-state index >= 15 is 0 Å². The second kappa shape index (κ2) is 5.66. The van der Waals surface area contributed by atoms with Crippen LogP contribution in [0.15, 0.2) is 36.4 Å². The zero-order chi connectivity index (χ0) is 15.6. The van der Waals surface area contributed by atoms with Crippen molar-refractivity contribution in [1.82, 2.24) is 0 Å². The van der Waals surface area contributed by atoms with Crippen LogP contribution in [0.25, 0.3) is 0 Å². The van der Waals surface area contributed by atoms with Gasteiger partial charge in [0.15, 0.2) is 11.6 Å². The van der Waals surface area contributed by atoms with Crippen molar-refractivity contribution in [2.75, 3.05) is 5.32 Å². The maximum atomic E-state index is 13.5. The molecular weight excluding hydrogens is 287 g/mol. The van der Waals surface area contributed by atoms with Crippen LogP contribution in [0.5, 0.6) is 0 Å². The fourth-order valence-corrected chi connectivity index (χ4v) is 1.62. The van der Waals surface area contributed by atoms with Crippen LogP contribution in [-0.2, 0) is 0 Å². The first-order valence-electron chi connectivity index (χ1n) is 5.68. The van der Waals surface area contributed by atoms with Gasteiger partial charge in [-0.05, 0) is 30.3 Å². The zero-order valence-corrected chi connectivity index (χ0v) is 10.4. The molecule has 2 N–H and O–H groups in total. The first-order valence-corrected chi connectivity index (χ1v) is 5.68. The third-order valence-electron chi connectivity index (χ3n) is 2.66. The molecule has 4 nitrogen and oxygen atoms in total. The van der Waals surface area contributed by atoms with E-state index in [1.165, 1.54) is 0 Å². The maximum absolute atomic E-state index is 13.5. The highest BCUT2D eigenvalue weighted by Crippen LogP contribution is 2.19. The summed E-state index contributed by atoms with van der Waals surface area (Å²) in [4.78, 5) is 22.6. The number of benzene rings is 2. The van der Waals surface area contributed by atoms with Gasteiger partial charge in [0.25, 0.3) is 5.91 Å². The van der Waals surface area contributed by atoms with Gasteiger partial charge >= 0.3 is 5.97 Å². The fourth-order valence-electron chi connectivity index (χ4n) is 1.62. The van der Waals surface area contributed by atoms with Crippen molar-refractivity contribution >= 4 is 17.6 Å². The lowest BCUT2D eigenvalue weighted by molar-refractivity contribution is 0.0696. The van der Waals surface area contributed by atoms with Gasteiger partial charge in [-0.25, -0.2) is 18.0 Å². The molecule has 21 heavy (non-hydrogen) atoms. The molecule has 0 fully saturated rings. The van der Waals surface area contributed by atoms with E-state index < -0.39 is 40.6 Å². The summed E-state index contributed by atoms with van der Waals surface area (Å²) in [5, 5.41) is 10.8. The lowest BCUT2D eigenvalue weighted by atomic mass is 10.1. The molecule has 2 aromatic rings. The number of anilines is 1. The lowest BCUT2D eigenvalue weighted by Crippen LogP contribution is -2.16. The monoisotopic (exact) mass is 295 g/mol. The van der Waals surface area contributed by atoms with E-state index in [2.05, 4.69) is 0 Å². The molecule has 0 aromatic heterocycles. The molecule has 0 bridgehead atoms. The zero-order valence-electron chi connectivity index (χ0n) is 10.4. The highest BCUT2D eigenvalue weighted by molar-refractivity contribution is 6.05. The van der Waals surface area contributed by atoms with Crippen LogP contribution in [0.3, 0.4) is 0 Å². The number of rotatable bonds is 3. The SMILES string of the molecule is O=C(O)c1ccc(F)c(NC(=O)c2cccc(F)c2F)c1. The predicted octanol–water partition coefficient (Wildman–Crippen LogP) is 3.05. The Labute approximate surface area is 116 Å². The van der Waals surface area contributed by atoms with Crippen molar-refractivity contribution in [3.8, 4) is 0 Å². The van der Waals surface area contributed by atoms with Gasteiger partial charge in [-0.2, -0.15) is 0 Å². The molecule has 0 heterocycles. The summed E-state index contributed by atoms with van der Waals surface area (Å²) in [6.07, 6.45) is 0. The maximum Gasteiger partial charge on any atom is 0.335 e. The molecule has 2 aromatic carbocycles. The first kappa shape index (κ1) is 14.6. The van der Waals surface area contributed by atoms with E-state index in [1.54, 1.807) is 0 Å². The van der Waals surface area contributed by atoms with Gasteiger partial charge in [0.05, 0.1) is 16.8 Å². The average molecular weight is 295 g/mol. The van der Waals surface area contributed by atoms with E-state index in [0.717, 1.165) is 36.4 Å². The molecule has 108 valence electrons. The molecule has 0 atom stereocenters. The van der Waals surface area contributed by atoms with Gasteiger partial charge in [0.1, 0.15) is 5.82 Å². The molecule has 7 heteroatoms. The van der Waals surface area contributed by atoms with E-state index in [4.69, 9.17) is 5.11 Å². The Kier molecular flexibility index (Phi) is 3.93. The van der Waals surface area contributed by atoms with Crippen molar-refractivity contribution in [3.05, 3.63) is 65.0 Å². The fraction of sp³-hybridized carbons (Fsp3) is 0. The standard InChI is InChI=1S/C14H8F3NO3/c15-9-5-4-7(14(20)21)6-11(9)18-13(19)8-2-1-3-10(16)12(8)17/h1-6H,(H,18,19)(H,20,21). The van der Waals surface area contributed by atoms with Crippen molar-refractivity contribution in [2.45, 2.75) is 0 Å². The quantitative estimate of drug-likeness (QED) is 0.914. The Morgan fingerprint density at radius 2 is 1.71 bits per heavy atom. The minimum Gasteiger partial charge on any atom is -0.478 e. The average Bonchev–Trinajstić information content (AvgIpc) is 2.43. The molecule has 0 saturated heterocycles. The Morgan fingerprint density at radius 1 is 1.00 bits per heavy atom. The van der Waals surface area contributed by atoms with Crippen LogP contribution in [0.1, 0.15) is 20.7 Å². The molecule has 2 rings (SSSR count). The highest BCUT2D eigenvalue weighted by atomic mass is 19.2. The van der Waals surface area contributed by atoms with E-state index in [0.29, 0.717) is 0 Å². The topological polar surface area (TPSA) is 66.4 Å². The Bertz CT molecular complexity index is 731. The van der Waals surface area contributed by atoms with Gasteiger partial charge in [0, 0.05) is 0 Å². The van der Waals surface area contributed by atoms with Gasteiger partial charge < -0.3 is 10.4 Å². The van der Waals surface area contributed by atoms with Crippen molar-refractivity contribution in [1.29, 1.82) is 0 Å². The second-order valence-corrected chi connectivity index (χ2v) is 4.06. The molecule has 0 aliphatic carbocycles. The molecule has 0 saturated carbocycles. The Balaban J connectivity index is 2.33. The third kappa shape index (κ3) is 3.02. The van der Waals surface area contributed by atoms with Crippen LogP contribution in [0.2, 0.25) is 0 Å². The molecular formula is C14H8F3NO3. The Hall–Kier alpha value is -2.83. The highest BCUT2D eigenvalue weighted by Gasteiger charge is 2.17. The van der Waals surface area contributed by atoms with Crippen LogP contribution in [-0.4, -0.2) is 17.0 Å². The number of carboxylic acid groups (broad SMARTS) is 1. The number of carboxylic acids is 1. The molecule has 0 radical (unpaired) electrons. The predicted molar refractivity (Wildman–Crippen MR) is 67.7 cm³/mol. The number of carbonyl (C=O) groups is 2. The van der Waals surface area contributed by atoms with Crippen LogP contribution in [0.4, 0.5) is 18.9 Å². The number of amides is 1. The van der Waals surface area contributed by atoms with Crippen LogP contribution < -0.4 is 5.32 Å². The van der Waals surface area contributed by atoms with Crippen molar-refractivity contribution in [3.63, 3.8) is 0 Å². The summed E-state index contributed by atoms with van der Waals surface area (Å²) in [5.74, 6) is -5.90. The summed E-state index contributed by atoms with van der Waals surface area (Å²) >= 11 is 0. The second-order valence-electron chi connectivity index (χ2n) is 4.06. The summed E-state index contributed by atoms with van der Waals surface area (Å²) < 4.78 is 40.0. The third-order valence-corrected chi connectivity index (χ3v) is 2.66. The lowest BCUT2D eigenvalue weighted by Gasteiger charge is -2.08.